The number of ether oxygens (including phenoxy) is 1. The summed E-state index contributed by atoms with van der Waals surface area (Å²) in [6.45, 7) is 4.15. The second kappa shape index (κ2) is 9.61. The van der Waals surface area contributed by atoms with Gasteiger partial charge in [-0.2, -0.15) is 5.10 Å². The van der Waals surface area contributed by atoms with Crippen LogP contribution in [0.25, 0.3) is 11.3 Å². The van der Waals surface area contributed by atoms with Crippen LogP contribution in [-0.4, -0.2) is 17.8 Å². The minimum atomic E-state index is -0.432. The van der Waals surface area contributed by atoms with Crippen LogP contribution in [0.3, 0.4) is 0 Å². The van der Waals surface area contributed by atoms with Gasteiger partial charge in [0.05, 0.1) is 24.6 Å². The summed E-state index contributed by atoms with van der Waals surface area (Å²) in [7, 11) is 1.45. The molecule has 4 aromatic rings. The molecule has 2 heterocycles. The molecule has 8 heteroatoms. The fraction of sp³-hybridized carbons (Fsp3) is 0.185. The Hall–Kier alpha value is -2.93. The molecule has 35 heavy (non-hydrogen) atoms. The Morgan fingerprint density at radius 2 is 1.89 bits per heavy atom. The van der Waals surface area contributed by atoms with E-state index >= 15 is 0 Å². The molecule has 1 aliphatic rings. The average Bonchev–Trinajstić information content (AvgIpc) is 3.48. The molecule has 0 saturated carbocycles. The number of hydrazone groups is 1. The Morgan fingerprint density at radius 3 is 2.63 bits per heavy atom. The van der Waals surface area contributed by atoms with Crippen molar-refractivity contribution in [2.24, 2.45) is 5.10 Å². The second-order valence-electron chi connectivity index (χ2n) is 8.46. The van der Waals surface area contributed by atoms with Crippen LogP contribution in [0.1, 0.15) is 34.7 Å². The van der Waals surface area contributed by atoms with Crippen LogP contribution in [-0.2, 0) is 0 Å². The highest BCUT2D eigenvalue weighted by atomic mass is 35.5. The fourth-order valence-electron chi connectivity index (χ4n) is 4.23. The SMILES string of the molecule is COc1ccc(C2=NN(c3nc(-c4cc(C)ccc4C)cs3)[C@@H](c3ccc(Cl)cc3Cl)C2)cc1F. The molecule has 5 rings (SSSR count). The van der Waals surface area contributed by atoms with E-state index in [0.29, 0.717) is 22.0 Å². The van der Waals surface area contributed by atoms with Crippen LogP contribution in [0.4, 0.5) is 9.52 Å². The monoisotopic (exact) mass is 525 g/mol. The molecular weight excluding hydrogens is 504 g/mol. The number of aromatic nitrogens is 1. The van der Waals surface area contributed by atoms with E-state index in [9.17, 15) is 4.39 Å². The van der Waals surface area contributed by atoms with Crippen LogP contribution >= 0.6 is 34.5 Å². The van der Waals surface area contributed by atoms with Gasteiger partial charge in [0, 0.05) is 33.0 Å². The van der Waals surface area contributed by atoms with Crippen LogP contribution in [0.15, 0.2) is 65.1 Å². The Balaban J connectivity index is 1.58. The maximum absolute atomic E-state index is 14.5. The quantitative estimate of drug-likeness (QED) is 0.263. The average molecular weight is 526 g/mol. The van der Waals surface area contributed by atoms with E-state index in [1.165, 1.54) is 30.1 Å². The number of methoxy groups -OCH3 is 1. The molecule has 0 aliphatic carbocycles. The molecule has 0 radical (unpaired) electrons. The van der Waals surface area contributed by atoms with Crippen molar-refractivity contribution >= 4 is 45.4 Å². The number of hydrogen-bond donors (Lipinski definition) is 0. The number of anilines is 1. The molecule has 1 aliphatic heterocycles. The van der Waals surface area contributed by atoms with Crippen LogP contribution in [0.5, 0.6) is 5.75 Å². The van der Waals surface area contributed by atoms with E-state index in [1.54, 1.807) is 12.1 Å². The number of aryl methyl sites for hydroxylation is 2. The predicted octanol–water partition coefficient (Wildman–Crippen LogP) is 8.24. The third kappa shape index (κ3) is 4.66. The van der Waals surface area contributed by atoms with Crippen molar-refractivity contribution in [3.8, 4) is 17.0 Å². The number of thiazole rings is 1. The summed E-state index contributed by atoms with van der Waals surface area (Å²) in [6.07, 6.45) is 0.533. The van der Waals surface area contributed by atoms with Crippen molar-refractivity contribution in [1.29, 1.82) is 0 Å². The second-order valence-corrected chi connectivity index (χ2v) is 10.1. The Labute approximate surface area is 217 Å². The largest absolute Gasteiger partial charge is 0.494 e. The van der Waals surface area contributed by atoms with Gasteiger partial charge in [0.2, 0.25) is 5.13 Å². The molecule has 0 saturated heterocycles. The van der Waals surface area contributed by atoms with Gasteiger partial charge in [0.25, 0.3) is 0 Å². The summed E-state index contributed by atoms with van der Waals surface area (Å²) in [5.74, 6) is -0.238. The highest BCUT2D eigenvalue weighted by molar-refractivity contribution is 7.14. The van der Waals surface area contributed by atoms with Gasteiger partial charge in [-0.25, -0.2) is 14.4 Å². The number of halogens is 3. The van der Waals surface area contributed by atoms with Crippen LogP contribution in [0, 0.1) is 19.7 Å². The normalized spacial score (nSPS) is 15.4. The van der Waals surface area contributed by atoms with Gasteiger partial charge in [0.15, 0.2) is 11.6 Å². The van der Waals surface area contributed by atoms with Crippen LogP contribution < -0.4 is 9.75 Å². The first-order valence-electron chi connectivity index (χ1n) is 11.0. The molecule has 0 amide bonds. The van der Waals surface area contributed by atoms with Crippen molar-refractivity contribution in [2.75, 3.05) is 12.1 Å². The number of hydrogen-bond acceptors (Lipinski definition) is 5. The molecule has 1 atom stereocenters. The molecule has 3 aromatic carbocycles. The highest BCUT2D eigenvalue weighted by Gasteiger charge is 2.33. The van der Waals surface area contributed by atoms with Crippen molar-refractivity contribution in [3.05, 3.63) is 98.1 Å². The van der Waals surface area contributed by atoms with Gasteiger partial charge < -0.3 is 4.74 Å². The summed E-state index contributed by atoms with van der Waals surface area (Å²) in [6, 6.07) is 16.5. The Morgan fingerprint density at radius 1 is 1.06 bits per heavy atom. The topological polar surface area (TPSA) is 37.7 Å². The smallest absolute Gasteiger partial charge is 0.207 e. The lowest BCUT2D eigenvalue weighted by atomic mass is 9.98. The zero-order valence-electron chi connectivity index (χ0n) is 19.3. The summed E-state index contributed by atoms with van der Waals surface area (Å²) >= 11 is 14.3. The zero-order valence-corrected chi connectivity index (χ0v) is 21.7. The van der Waals surface area contributed by atoms with E-state index in [4.69, 9.17) is 38.0 Å². The molecule has 178 valence electrons. The third-order valence-electron chi connectivity index (χ3n) is 6.07. The van der Waals surface area contributed by atoms with Gasteiger partial charge in [-0.05, 0) is 61.4 Å². The number of rotatable bonds is 5. The predicted molar refractivity (Wildman–Crippen MR) is 143 cm³/mol. The lowest BCUT2D eigenvalue weighted by molar-refractivity contribution is 0.386. The summed E-state index contributed by atoms with van der Waals surface area (Å²) in [5, 5.41) is 10.7. The molecular formula is C27H22Cl2FN3OS. The van der Waals surface area contributed by atoms with E-state index < -0.39 is 5.82 Å². The van der Waals surface area contributed by atoms with Gasteiger partial charge in [0.1, 0.15) is 0 Å². The standard InChI is InChI=1S/C27H22Cl2FN3OS/c1-15-4-5-16(2)20(10-15)24-14-35-27(31-24)33-25(19-8-7-18(28)12-21(19)29)13-23(32-33)17-6-9-26(34-3)22(30)11-17/h4-12,14,25H,13H2,1-3H3/t25-/m1/s1. The number of benzene rings is 3. The highest BCUT2D eigenvalue weighted by Crippen LogP contribution is 2.42. The van der Waals surface area contributed by atoms with E-state index in [2.05, 4.69) is 32.0 Å². The maximum Gasteiger partial charge on any atom is 0.207 e. The van der Waals surface area contributed by atoms with Crippen molar-refractivity contribution < 1.29 is 9.13 Å². The van der Waals surface area contributed by atoms with Gasteiger partial charge in [-0.3, -0.25) is 0 Å². The first-order chi connectivity index (χ1) is 16.8. The minimum absolute atomic E-state index is 0.194. The number of nitrogens with zero attached hydrogens (tertiary/aromatic N) is 3. The Kier molecular flexibility index (Phi) is 6.53. The first kappa shape index (κ1) is 23.8. The van der Waals surface area contributed by atoms with Crippen molar-refractivity contribution in [1.82, 2.24) is 4.98 Å². The first-order valence-corrected chi connectivity index (χ1v) is 12.7. The molecule has 0 N–H and O–H groups in total. The summed E-state index contributed by atoms with van der Waals surface area (Å²) in [4.78, 5) is 4.93. The van der Waals surface area contributed by atoms with Gasteiger partial charge in [-0.15, -0.1) is 11.3 Å². The zero-order chi connectivity index (χ0) is 24.7. The van der Waals surface area contributed by atoms with Crippen molar-refractivity contribution in [2.45, 2.75) is 26.3 Å². The molecule has 0 spiro atoms. The van der Waals surface area contributed by atoms with Crippen LogP contribution in [0.2, 0.25) is 10.0 Å². The lowest BCUT2D eigenvalue weighted by Crippen LogP contribution is -2.18. The van der Waals surface area contributed by atoms with Gasteiger partial charge in [-0.1, -0.05) is 47.0 Å². The molecule has 0 bridgehead atoms. The molecule has 0 fully saturated rings. The molecule has 1 aromatic heterocycles. The third-order valence-corrected chi connectivity index (χ3v) is 7.47. The van der Waals surface area contributed by atoms with E-state index in [1.807, 2.05) is 28.6 Å². The van der Waals surface area contributed by atoms with E-state index in [0.717, 1.165) is 33.2 Å². The van der Waals surface area contributed by atoms with Crippen molar-refractivity contribution in [3.63, 3.8) is 0 Å². The summed E-state index contributed by atoms with van der Waals surface area (Å²) < 4.78 is 19.5. The Bertz CT molecular complexity index is 1450. The van der Waals surface area contributed by atoms with Gasteiger partial charge >= 0.3 is 0 Å². The minimum Gasteiger partial charge on any atom is -0.494 e. The van der Waals surface area contributed by atoms with E-state index in [-0.39, 0.29) is 11.8 Å². The fourth-order valence-corrected chi connectivity index (χ4v) is 5.58. The molecule has 0 unspecified atom stereocenters. The molecule has 4 nitrogen and oxygen atoms in total. The lowest BCUT2D eigenvalue weighted by Gasteiger charge is -2.22. The maximum atomic E-state index is 14.5. The summed E-state index contributed by atoms with van der Waals surface area (Å²) in [5.41, 5.74) is 6.63.